The van der Waals surface area contributed by atoms with Crippen molar-refractivity contribution < 1.29 is 33.8 Å². The van der Waals surface area contributed by atoms with Crippen molar-refractivity contribution in [2.45, 2.75) is 25.9 Å². The smallest absolute Gasteiger partial charge is 0.407 e. The molecule has 3 N–H and O–H groups in total. The highest BCUT2D eigenvalue weighted by Gasteiger charge is 2.25. The molecule has 1 fully saturated rings. The van der Waals surface area contributed by atoms with Gasteiger partial charge in [-0.3, -0.25) is 10.0 Å². The van der Waals surface area contributed by atoms with Crippen molar-refractivity contribution in [3.8, 4) is 17.5 Å². The van der Waals surface area contributed by atoms with Gasteiger partial charge in [-0.05, 0) is 25.1 Å². The molecule has 1 aromatic heterocycles. The van der Waals surface area contributed by atoms with Gasteiger partial charge in [0.15, 0.2) is 11.6 Å². The van der Waals surface area contributed by atoms with Gasteiger partial charge < -0.3 is 19.5 Å². The minimum absolute atomic E-state index is 0.0755. The largest absolute Gasteiger partial charge is 0.474 e. The van der Waals surface area contributed by atoms with Gasteiger partial charge in [-0.2, -0.15) is 0 Å². The maximum absolute atomic E-state index is 14.2. The predicted molar refractivity (Wildman–Crippen MR) is 95.7 cm³/mol. The lowest BCUT2D eigenvalue weighted by atomic mass is 10.1. The fraction of sp³-hybridized carbons (Fsp3) is 0.333. The Morgan fingerprint density at radius 3 is 2.55 bits per heavy atom. The van der Waals surface area contributed by atoms with Gasteiger partial charge in [0, 0.05) is 31.5 Å². The van der Waals surface area contributed by atoms with Crippen LogP contribution in [0.5, 0.6) is 17.5 Å². The Hall–Kier alpha value is -3.47. The molecule has 1 aliphatic heterocycles. The molecule has 0 spiro atoms. The van der Waals surface area contributed by atoms with Crippen LogP contribution in [0.1, 0.15) is 28.8 Å². The summed E-state index contributed by atoms with van der Waals surface area (Å²) in [5.74, 6) is -1.48. The summed E-state index contributed by atoms with van der Waals surface area (Å²) in [5.41, 5.74) is 1.80. The number of hydrogen-bond acceptors (Lipinski definition) is 7. The van der Waals surface area contributed by atoms with E-state index in [-0.39, 0.29) is 29.2 Å². The van der Waals surface area contributed by atoms with Crippen LogP contribution in [-0.4, -0.2) is 56.4 Å². The van der Waals surface area contributed by atoms with E-state index in [1.807, 2.05) is 0 Å². The van der Waals surface area contributed by atoms with Gasteiger partial charge in [0.05, 0.1) is 5.56 Å². The third kappa shape index (κ3) is 4.69. The van der Waals surface area contributed by atoms with Gasteiger partial charge in [-0.1, -0.05) is 0 Å². The Morgan fingerprint density at radius 1 is 1.24 bits per heavy atom. The summed E-state index contributed by atoms with van der Waals surface area (Å²) in [6.45, 7) is 2.39. The fourth-order valence-electron chi connectivity index (χ4n) is 2.86. The van der Waals surface area contributed by atoms with E-state index in [2.05, 4.69) is 9.97 Å². The standard InChI is InChI=1S/C18H19FN4O6/c1-10-16(28-12-4-6-23(7-5-12)18(25)26)20-9-21-17(10)29-14-3-2-11(8-13(14)19)15(24)22-27/h2-3,8-9,12,27H,4-7H2,1H3,(H,22,24)(H,25,26). The minimum atomic E-state index is -0.957. The van der Waals surface area contributed by atoms with E-state index in [1.165, 1.54) is 28.8 Å². The number of carbonyl (C=O) groups excluding carboxylic acids is 1. The number of nitrogens with zero attached hydrogens (tertiary/aromatic N) is 3. The third-order valence-corrected chi connectivity index (χ3v) is 4.48. The summed E-state index contributed by atoms with van der Waals surface area (Å²) in [6, 6.07) is 3.45. The Kier molecular flexibility index (Phi) is 6.07. The molecule has 10 nitrogen and oxygen atoms in total. The molecular formula is C18H19FN4O6. The van der Waals surface area contributed by atoms with Gasteiger partial charge in [-0.25, -0.2) is 24.6 Å². The maximum atomic E-state index is 14.2. The molecule has 1 aromatic carbocycles. The number of hydrogen-bond donors (Lipinski definition) is 3. The van der Waals surface area contributed by atoms with Gasteiger partial charge in [0.2, 0.25) is 11.8 Å². The molecule has 2 amide bonds. The monoisotopic (exact) mass is 406 g/mol. The number of aromatic nitrogens is 2. The normalized spacial score (nSPS) is 14.4. The molecule has 29 heavy (non-hydrogen) atoms. The number of nitrogens with one attached hydrogen (secondary N) is 1. The van der Waals surface area contributed by atoms with Gasteiger partial charge >= 0.3 is 6.09 Å². The Morgan fingerprint density at radius 2 is 1.93 bits per heavy atom. The Bertz CT molecular complexity index is 917. The van der Waals surface area contributed by atoms with E-state index >= 15 is 0 Å². The van der Waals surface area contributed by atoms with Crippen LogP contribution < -0.4 is 15.0 Å². The van der Waals surface area contributed by atoms with E-state index in [0.29, 0.717) is 31.5 Å². The molecule has 11 heteroatoms. The fourth-order valence-corrected chi connectivity index (χ4v) is 2.86. The number of ether oxygens (including phenoxy) is 2. The first-order chi connectivity index (χ1) is 13.9. The number of hydroxylamine groups is 1. The van der Waals surface area contributed by atoms with Crippen LogP contribution >= 0.6 is 0 Å². The average Bonchev–Trinajstić information content (AvgIpc) is 2.72. The second-order valence-corrected chi connectivity index (χ2v) is 6.38. The van der Waals surface area contributed by atoms with E-state index in [4.69, 9.17) is 19.8 Å². The number of amides is 2. The topological polar surface area (TPSA) is 134 Å². The second-order valence-electron chi connectivity index (χ2n) is 6.38. The maximum Gasteiger partial charge on any atom is 0.407 e. The highest BCUT2D eigenvalue weighted by Crippen LogP contribution is 2.30. The molecule has 154 valence electrons. The van der Waals surface area contributed by atoms with Crippen LogP contribution in [0.3, 0.4) is 0 Å². The van der Waals surface area contributed by atoms with Crippen LogP contribution in [0, 0.1) is 12.7 Å². The van der Waals surface area contributed by atoms with E-state index < -0.39 is 17.8 Å². The minimum Gasteiger partial charge on any atom is -0.474 e. The lowest BCUT2D eigenvalue weighted by molar-refractivity contribution is 0.0705. The van der Waals surface area contributed by atoms with Crippen molar-refractivity contribution in [3.63, 3.8) is 0 Å². The molecule has 1 aliphatic rings. The van der Waals surface area contributed by atoms with E-state index in [9.17, 15) is 14.0 Å². The van der Waals surface area contributed by atoms with E-state index in [0.717, 1.165) is 6.07 Å². The molecule has 1 saturated heterocycles. The second kappa shape index (κ2) is 8.69. The molecule has 2 aromatic rings. The van der Waals surface area contributed by atoms with Crippen LogP contribution in [-0.2, 0) is 0 Å². The number of halogens is 1. The number of carboxylic acid groups (broad SMARTS) is 1. The summed E-state index contributed by atoms with van der Waals surface area (Å²) < 4.78 is 25.6. The van der Waals surface area contributed by atoms with Crippen molar-refractivity contribution in [1.29, 1.82) is 0 Å². The zero-order valence-corrected chi connectivity index (χ0v) is 15.5. The lowest BCUT2D eigenvalue weighted by Crippen LogP contribution is -2.41. The first kappa shape index (κ1) is 20.3. The van der Waals surface area contributed by atoms with Crippen molar-refractivity contribution in [2.24, 2.45) is 0 Å². The third-order valence-electron chi connectivity index (χ3n) is 4.48. The van der Waals surface area contributed by atoms with E-state index in [1.54, 1.807) is 6.92 Å². The summed E-state index contributed by atoms with van der Waals surface area (Å²) >= 11 is 0. The number of likely N-dealkylation sites (tertiary alicyclic amines) is 1. The molecule has 0 unspecified atom stereocenters. The molecule has 0 saturated carbocycles. The first-order valence-corrected chi connectivity index (χ1v) is 8.77. The van der Waals surface area contributed by atoms with Crippen molar-refractivity contribution >= 4 is 12.0 Å². The van der Waals surface area contributed by atoms with Crippen molar-refractivity contribution in [1.82, 2.24) is 20.3 Å². The summed E-state index contributed by atoms with van der Waals surface area (Å²) in [7, 11) is 0. The highest BCUT2D eigenvalue weighted by atomic mass is 19.1. The SMILES string of the molecule is Cc1c(Oc2ccc(C(=O)NO)cc2F)ncnc1OC1CCN(C(=O)O)CC1. The summed E-state index contributed by atoms with van der Waals surface area (Å²) in [4.78, 5) is 31.7. The number of carbonyl (C=O) groups is 2. The van der Waals surface area contributed by atoms with Crippen LogP contribution in [0.15, 0.2) is 24.5 Å². The van der Waals surface area contributed by atoms with Gasteiger partial charge in [-0.15, -0.1) is 0 Å². The molecule has 0 aliphatic carbocycles. The molecule has 3 rings (SSSR count). The highest BCUT2D eigenvalue weighted by molar-refractivity contribution is 5.93. The average molecular weight is 406 g/mol. The number of piperidine rings is 1. The van der Waals surface area contributed by atoms with Crippen molar-refractivity contribution in [2.75, 3.05) is 13.1 Å². The molecule has 2 heterocycles. The zero-order chi connectivity index (χ0) is 21.0. The van der Waals surface area contributed by atoms with Crippen LogP contribution in [0.2, 0.25) is 0 Å². The number of benzene rings is 1. The van der Waals surface area contributed by atoms with Gasteiger partial charge in [0.25, 0.3) is 5.91 Å². The molecule has 0 radical (unpaired) electrons. The Balaban J connectivity index is 1.71. The summed E-state index contributed by atoms with van der Waals surface area (Å²) in [5, 5.41) is 17.6. The Labute approximate surface area is 164 Å². The predicted octanol–water partition coefficient (Wildman–Crippen LogP) is 2.36. The zero-order valence-electron chi connectivity index (χ0n) is 15.5. The molecule has 0 atom stereocenters. The first-order valence-electron chi connectivity index (χ1n) is 8.77. The van der Waals surface area contributed by atoms with Gasteiger partial charge in [0.1, 0.15) is 12.4 Å². The lowest BCUT2D eigenvalue weighted by Gasteiger charge is -2.30. The quantitative estimate of drug-likeness (QED) is 0.509. The summed E-state index contributed by atoms with van der Waals surface area (Å²) in [6.07, 6.45) is 1.10. The molecular weight excluding hydrogens is 387 g/mol. The number of rotatable bonds is 5. The van der Waals surface area contributed by atoms with Crippen LogP contribution in [0.25, 0.3) is 0 Å². The molecule has 0 bridgehead atoms. The van der Waals surface area contributed by atoms with Crippen molar-refractivity contribution in [3.05, 3.63) is 41.5 Å². The van der Waals surface area contributed by atoms with Crippen LogP contribution in [0.4, 0.5) is 9.18 Å².